The molecule has 1 N–H and O–H groups in total. The molecule has 1 amide bonds. The number of carbonyl (C=O) groups is 1. The maximum absolute atomic E-state index is 12.4. The summed E-state index contributed by atoms with van der Waals surface area (Å²) in [6, 6.07) is 12.0. The molecule has 0 spiro atoms. The van der Waals surface area contributed by atoms with Crippen molar-refractivity contribution in [3.8, 4) is 11.5 Å². The third-order valence-corrected chi connectivity index (χ3v) is 5.20. The molecule has 1 atom stereocenters. The zero-order chi connectivity index (χ0) is 20.2. The number of aryl methyl sites for hydroxylation is 1. The topological polar surface area (TPSA) is 84.9 Å². The molecule has 0 aromatic heterocycles. The third-order valence-electron chi connectivity index (χ3n) is 3.99. The van der Waals surface area contributed by atoms with Crippen molar-refractivity contribution < 1.29 is 22.7 Å². The van der Waals surface area contributed by atoms with Crippen LogP contribution < -0.4 is 19.1 Å². The number of ether oxygens (including phenoxy) is 2. The molecular weight excluding hydrogens is 368 g/mol. The van der Waals surface area contributed by atoms with Crippen molar-refractivity contribution in [1.82, 2.24) is 0 Å². The minimum absolute atomic E-state index is 0.323. The van der Waals surface area contributed by atoms with Crippen LogP contribution in [0.5, 0.6) is 11.5 Å². The first-order chi connectivity index (χ1) is 12.6. The molecule has 0 aliphatic carbocycles. The number of nitrogens with one attached hydrogen (secondary N) is 1. The molecule has 2 aromatic carbocycles. The summed E-state index contributed by atoms with van der Waals surface area (Å²) in [5.41, 5.74) is 2.07. The van der Waals surface area contributed by atoms with Crippen LogP contribution in [0.3, 0.4) is 0 Å². The third kappa shape index (κ3) is 5.37. The van der Waals surface area contributed by atoms with Crippen LogP contribution in [0.15, 0.2) is 42.5 Å². The van der Waals surface area contributed by atoms with Crippen LogP contribution in [-0.4, -0.2) is 40.8 Å². The van der Waals surface area contributed by atoms with E-state index in [4.69, 9.17) is 9.47 Å². The standard InChI is InChI=1S/C19H24N2O5S/c1-13-6-11-18(25-4)17(12-13)20-19(22)14(2)26-16-9-7-15(8-10-16)21(3)27(5,23)24/h6-12,14H,1-5H3,(H,20,22)/t14-/m1/s1. The van der Waals surface area contributed by atoms with Gasteiger partial charge in [-0.3, -0.25) is 9.10 Å². The Balaban J connectivity index is 2.05. The largest absolute Gasteiger partial charge is 0.495 e. The molecule has 0 aliphatic rings. The van der Waals surface area contributed by atoms with Crippen molar-refractivity contribution in [1.29, 1.82) is 0 Å². The Hall–Kier alpha value is -2.74. The van der Waals surface area contributed by atoms with E-state index in [9.17, 15) is 13.2 Å². The minimum Gasteiger partial charge on any atom is -0.495 e. The summed E-state index contributed by atoms with van der Waals surface area (Å²) in [4.78, 5) is 12.4. The monoisotopic (exact) mass is 392 g/mol. The fourth-order valence-electron chi connectivity index (χ4n) is 2.34. The molecule has 2 aromatic rings. The van der Waals surface area contributed by atoms with Crippen molar-refractivity contribution >= 4 is 27.3 Å². The van der Waals surface area contributed by atoms with Gasteiger partial charge in [0, 0.05) is 7.05 Å². The SMILES string of the molecule is COc1ccc(C)cc1NC(=O)[C@@H](C)Oc1ccc(N(C)S(C)(=O)=O)cc1. The first kappa shape index (κ1) is 20.6. The molecule has 0 unspecified atom stereocenters. The highest BCUT2D eigenvalue weighted by molar-refractivity contribution is 7.92. The highest BCUT2D eigenvalue weighted by Crippen LogP contribution is 2.26. The van der Waals surface area contributed by atoms with Crippen LogP contribution >= 0.6 is 0 Å². The van der Waals surface area contributed by atoms with Gasteiger partial charge in [-0.1, -0.05) is 6.07 Å². The van der Waals surface area contributed by atoms with Crippen molar-refractivity contribution in [3.05, 3.63) is 48.0 Å². The van der Waals surface area contributed by atoms with E-state index in [-0.39, 0.29) is 5.91 Å². The van der Waals surface area contributed by atoms with Gasteiger partial charge in [0.15, 0.2) is 6.10 Å². The fourth-order valence-corrected chi connectivity index (χ4v) is 2.84. The molecule has 2 rings (SSSR count). The van der Waals surface area contributed by atoms with Gasteiger partial charge in [-0.15, -0.1) is 0 Å². The zero-order valence-electron chi connectivity index (χ0n) is 16.0. The second kappa shape index (κ2) is 8.30. The first-order valence-corrected chi connectivity index (χ1v) is 10.1. The Labute approximate surface area is 160 Å². The lowest BCUT2D eigenvalue weighted by Crippen LogP contribution is -2.30. The van der Waals surface area contributed by atoms with Crippen LogP contribution in [0.2, 0.25) is 0 Å². The second-order valence-corrected chi connectivity index (χ2v) is 8.19. The van der Waals surface area contributed by atoms with Crippen molar-refractivity contribution in [3.63, 3.8) is 0 Å². The molecule has 0 aliphatic heterocycles. The van der Waals surface area contributed by atoms with Gasteiger partial charge >= 0.3 is 0 Å². The predicted molar refractivity (Wildman–Crippen MR) is 106 cm³/mol. The first-order valence-electron chi connectivity index (χ1n) is 8.28. The quantitative estimate of drug-likeness (QED) is 0.783. The second-order valence-electron chi connectivity index (χ2n) is 6.18. The number of sulfonamides is 1. The van der Waals surface area contributed by atoms with Gasteiger partial charge in [0.25, 0.3) is 5.91 Å². The molecule has 7 nitrogen and oxygen atoms in total. The molecule has 0 radical (unpaired) electrons. The Morgan fingerprint density at radius 2 is 1.78 bits per heavy atom. The van der Waals surface area contributed by atoms with E-state index in [0.717, 1.165) is 16.1 Å². The molecule has 27 heavy (non-hydrogen) atoms. The average Bonchev–Trinajstić information content (AvgIpc) is 2.61. The van der Waals surface area contributed by atoms with Crippen molar-refractivity contribution in [2.24, 2.45) is 0 Å². The lowest BCUT2D eigenvalue weighted by molar-refractivity contribution is -0.122. The summed E-state index contributed by atoms with van der Waals surface area (Å²) in [5, 5.41) is 2.80. The number of amides is 1. The maximum atomic E-state index is 12.4. The molecule has 0 bridgehead atoms. The summed E-state index contributed by atoms with van der Waals surface area (Å²) >= 11 is 0. The van der Waals surface area contributed by atoms with Crippen LogP contribution in [-0.2, 0) is 14.8 Å². The molecular formula is C19H24N2O5S. The molecule has 0 saturated carbocycles. The van der Waals surface area contributed by atoms with Crippen molar-refractivity contribution in [2.45, 2.75) is 20.0 Å². The maximum Gasteiger partial charge on any atom is 0.265 e. The van der Waals surface area contributed by atoms with Gasteiger partial charge in [-0.2, -0.15) is 0 Å². The van der Waals surface area contributed by atoms with E-state index < -0.39 is 16.1 Å². The summed E-state index contributed by atoms with van der Waals surface area (Å²) in [6.07, 6.45) is 0.373. The predicted octanol–water partition coefficient (Wildman–Crippen LogP) is 2.81. The van der Waals surface area contributed by atoms with Gasteiger partial charge in [0.05, 0.1) is 24.7 Å². The van der Waals surface area contributed by atoms with Gasteiger partial charge in [-0.25, -0.2) is 8.42 Å². The minimum atomic E-state index is -3.33. The Morgan fingerprint density at radius 1 is 1.15 bits per heavy atom. The number of anilines is 2. The van der Waals surface area contributed by atoms with E-state index in [2.05, 4.69) is 5.32 Å². The van der Waals surface area contributed by atoms with Crippen molar-refractivity contribution in [2.75, 3.05) is 30.0 Å². The van der Waals surface area contributed by atoms with Gasteiger partial charge in [0.1, 0.15) is 11.5 Å². The van der Waals surface area contributed by atoms with Crippen LogP contribution in [0.4, 0.5) is 11.4 Å². The van der Waals surface area contributed by atoms with E-state index in [1.807, 2.05) is 19.1 Å². The Bertz CT molecular complexity index is 910. The molecule has 0 fully saturated rings. The highest BCUT2D eigenvalue weighted by Gasteiger charge is 2.17. The van der Waals surface area contributed by atoms with Crippen LogP contribution in [0.25, 0.3) is 0 Å². The lowest BCUT2D eigenvalue weighted by Gasteiger charge is -2.19. The summed E-state index contributed by atoms with van der Waals surface area (Å²) in [6.45, 7) is 3.55. The average molecular weight is 392 g/mol. The molecule has 146 valence electrons. The summed E-state index contributed by atoms with van der Waals surface area (Å²) in [7, 11) is -0.328. The van der Waals surface area contributed by atoms with Crippen LogP contribution in [0.1, 0.15) is 12.5 Å². The molecule has 0 saturated heterocycles. The Kier molecular flexibility index (Phi) is 6.32. The number of methoxy groups -OCH3 is 1. The number of nitrogens with zero attached hydrogens (tertiary/aromatic N) is 1. The number of rotatable bonds is 7. The number of carbonyl (C=O) groups excluding carboxylic acids is 1. The van der Waals surface area contributed by atoms with E-state index in [0.29, 0.717) is 22.9 Å². The smallest absolute Gasteiger partial charge is 0.265 e. The summed E-state index contributed by atoms with van der Waals surface area (Å²) in [5.74, 6) is 0.699. The lowest BCUT2D eigenvalue weighted by atomic mass is 10.2. The van der Waals surface area contributed by atoms with E-state index >= 15 is 0 Å². The number of hydrogen-bond donors (Lipinski definition) is 1. The van der Waals surface area contributed by atoms with Gasteiger partial charge in [-0.05, 0) is 55.8 Å². The van der Waals surface area contributed by atoms with Gasteiger partial charge in [0.2, 0.25) is 10.0 Å². The van der Waals surface area contributed by atoms with Gasteiger partial charge < -0.3 is 14.8 Å². The molecule has 8 heteroatoms. The Morgan fingerprint density at radius 3 is 2.33 bits per heavy atom. The number of benzene rings is 2. The summed E-state index contributed by atoms with van der Waals surface area (Å²) < 4.78 is 35.2. The fraction of sp³-hybridized carbons (Fsp3) is 0.316. The van der Waals surface area contributed by atoms with E-state index in [1.54, 1.807) is 37.3 Å². The number of hydrogen-bond acceptors (Lipinski definition) is 5. The zero-order valence-corrected chi connectivity index (χ0v) is 16.8. The van der Waals surface area contributed by atoms with Crippen LogP contribution in [0, 0.1) is 6.92 Å². The normalized spacial score (nSPS) is 12.2. The van der Waals surface area contributed by atoms with E-state index in [1.165, 1.54) is 14.2 Å². The molecule has 0 heterocycles. The highest BCUT2D eigenvalue weighted by atomic mass is 32.2.